The lowest BCUT2D eigenvalue weighted by Crippen LogP contribution is -2.61. The smallest absolute Gasteiger partial charge is 0.209 e. The first-order valence-electron chi connectivity index (χ1n) is 13.5. The van der Waals surface area contributed by atoms with Gasteiger partial charge in [-0.05, 0) is 37.1 Å². The highest BCUT2D eigenvalue weighted by Gasteiger charge is 2.47. The number of hydrogen-bond donors (Lipinski definition) is 0. The lowest BCUT2D eigenvalue weighted by molar-refractivity contribution is -0.959. The van der Waals surface area contributed by atoms with E-state index in [4.69, 9.17) is 14.1 Å². The summed E-state index contributed by atoms with van der Waals surface area (Å²) in [6.07, 6.45) is 4.65. The number of thioether (sulfide) groups is 1. The number of hydrogen-bond acceptors (Lipinski definition) is 4. The second kappa shape index (κ2) is 9.07. The Balaban J connectivity index is 1.15. The van der Waals surface area contributed by atoms with Gasteiger partial charge in [-0.3, -0.25) is 0 Å². The third kappa shape index (κ3) is 4.00. The summed E-state index contributed by atoms with van der Waals surface area (Å²) >= 11 is 2.02. The van der Waals surface area contributed by atoms with Crippen LogP contribution >= 0.6 is 11.8 Å². The molecule has 5 heteroatoms. The minimum atomic E-state index is -0.493. The molecule has 2 bridgehead atoms. The third-order valence-electron chi connectivity index (χ3n) is 8.99. The summed E-state index contributed by atoms with van der Waals surface area (Å²) in [5.41, 5.74) is 1.71. The zero-order chi connectivity index (χ0) is 24.9. The highest BCUT2D eigenvalue weighted by molar-refractivity contribution is 7.99. The number of ether oxygens (including phenoxy) is 1. The lowest BCUT2D eigenvalue weighted by Gasteiger charge is -2.52. The maximum absolute atomic E-state index is 6.66. The molecule has 4 aliphatic heterocycles. The summed E-state index contributed by atoms with van der Waals surface area (Å²) in [6.45, 7) is 6.91. The van der Waals surface area contributed by atoms with Gasteiger partial charge in [0, 0.05) is 40.5 Å². The zero-order valence-electron chi connectivity index (χ0n) is 21.3. The van der Waals surface area contributed by atoms with Gasteiger partial charge in [0.15, 0.2) is 5.76 Å². The molecular formula is C32H33N2O2S+. The highest BCUT2D eigenvalue weighted by Crippen LogP contribution is 2.51. The summed E-state index contributed by atoms with van der Waals surface area (Å²) in [6, 6.07) is 27.4. The SMILES string of the molecule is CC1(c2ncc(C[N+]34CCC(CC3)C(CSc3ccccc3)C4)o2)c2ccccc2Oc2ccccc21. The molecule has 1 atom stereocenters. The molecule has 4 aromatic rings. The van der Waals surface area contributed by atoms with Gasteiger partial charge < -0.3 is 13.6 Å². The summed E-state index contributed by atoms with van der Waals surface area (Å²) < 4.78 is 14.1. The number of aromatic nitrogens is 1. The average Bonchev–Trinajstić information content (AvgIpc) is 3.42. The molecule has 1 aromatic heterocycles. The van der Waals surface area contributed by atoms with Crippen molar-refractivity contribution in [3.63, 3.8) is 0 Å². The molecule has 0 spiro atoms. The van der Waals surface area contributed by atoms with E-state index in [0.29, 0.717) is 0 Å². The van der Waals surface area contributed by atoms with Crippen LogP contribution in [0.4, 0.5) is 0 Å². The number of piperidine rings is 3. The number of fused-ring (bicyclic) bond motifs is 5. The largest absolute Gasteiger partial charge is 0.457 e. The summed E-state index contributed by atoms with van der Waals surface area (Å²) in [4.78, 5) is 6.30. The van der Waals surface area contributed by atoms with Crippen LogP contribution in [0.1, 0.15) is 42.5 Å². The van der Waals surface area contributed by atoms with Crippen LogP contribution in [0.2, 0.25) is 0 Å². The van der Waals surface area contributed by atoms with Crippen LogP contribution in [-0.4, -0.2) is 34.9 Å². The van der Waals surface area contributed by atoms with E-state index in [-0.39, 0.29) is 0 Å². The van der Waals surface area contributed by atoms with Crippen LogP contribution < -0.4 is 4.74 Å². The molecule has 37 heavy (non-hydrogen) atoms. The first kappa shape index (κ1) is 23.1. The number of nitrogens with zero attached hydrogens (tertiary/aromatic N) is 2. The number of benzene rings is 3. The van der Waals surface area contributed by atoms with Gasteiger partial charge in [-0.15, -0.1) is 11.8 Å². The van der Waals surface area contributed by atoms with Crippen molar-refractivity contribution < 1.29 is 13.6 Å². The van der Waals surface area contributed by atoms with Gasteiger partial charge in [0.1, 0.15) is 23.5 Å². The molecule has 8 rings (SSSR count). The molecule has 0 N–H and O–H groups in total. The molecule has 5 heterocycles. The van der Waals surface area contributed by atoms with Crippen molar-refractivity contribution in [3.05, 3.63) is 108 Å². The molecule has 4 nitrogen and oxygen atoms in total. The molecule has 0 radical (unpaired) electrons. The van der Waals surface area contributed by atoms with Gasteiger partial charge in [0.25, 0.3) is 0 Å². The maximum atomic E-state index is 6.66. The van der Waals surface area contributed by atoms with E-state index < -0.39 is 5.41 Å². The van der Waals surface area contributed by atoms with Crippen molar-refractivity contribution in [2.45, 2.75) is 36.6 Å². The Morgan fingerprint density at radius 1 is 0.892 bits per heavy atom. The van der Waals surface area contributed by atoms with E-state index in [1.807, 2.05) is 42.2 Å². The Hall–Kier alpha value is -3.02. The Bertz CT molecular complexity index is 1360. The molecule has 3 fully saturated rings. The van der Waals surface area contributed by atoms with Gasteiger partial charge in [-0.25, -0.2) is 4.98 Å². The number of para-hydroxylation sites is 2. The van der Waals surface area contributed by atoms with Crippen LogP contribution in [0.25, 0.3) is 0 Å². The van der Waals surface area contributed by atoms with Crippen molar-refractivity contribution >= 4 is 11.8 Å². The quantitative estimate of drug-likeness (QED) is 0.202. The topological polar surface area (TPSA) is 35.3 Å². The summed E-state index contributed by atoms with van der Waals surface area (Å²) in [5.74, 6) is 6.36. The van der Waals surface area contributed by atoms with Crippen LogP contribution in [0.15, 0.2) is 94.4 Å². The van der Waals surface area contributed by atoms with E-state index in [0.717, 1.165) is 57.1 Å². The van der Waals surface area contributed by atoms with Crippen LogP contribution in [0, 0.1) is 11.8 Å². The molecule has 0 amide bonds. The molecule has 3 aromatic carbocycles. The normalized spacial score (nSPS) is 25.2. The fourth-order valence-corrected chi connectivity index (χ4v) is 8.07. The Morgan fingerprint density at radius 2 is 1.54 bits per heavy atom. The van der Waals surface area contributed by atoms with Crippen molar-refractivity contribution in [2.24, 2.45) is 11.8 Å². The highest BCUT2D eigenvalue weighted by atomic mass is 32.2. The van der Waals surface area contributed by atoms with Crippen LogP contribution in [0.3, 0.4) is 0 Å². The molecule has 3 saturated heterocycles. The number of oxazole rings is 1. The Labute approximate surface area is 223 Å². The van der Waals surface area contributed by atoms with E-state index in [1.165, 1.54) is 43.1 Å². The number of rotatable bonds is 6. The second-order valence-corrected chi connectivity index (χ2v) is 12.3. The van der Waals surface area contributed by atoms with Crippen LogP contribution in [-0.2, 0) is 12.0 Å². The standard InChI is InChI=1S/C32H33N2O2S/c1-32(27-11-5-7-13-29(27)36-30-14-8-6-12-28(30)32)31-33-19-25(35-31)21-34-17-15-23(16-18-34)24(20-34)22-37-26-9-3-2-4-10-26/h2-14,19,23-24H,15-18,20-22H2,1H3/q+1. The fourth-order valence-electron chi connectivity index (χ4n) is 6.94. The lowest BCUT2D eigenvalue weighted by atomic mass is 9.74. The van der Waals surface area contributed by atoms with Gasteiger partial charge >= 0.3 is 0 Å². The maximum Gasteiger partial charge on any atom is 0.209 e. The summed E-state index contributed by atoms with van der Waals surface area (Å²) in [7, 11) is 0. The minimum absolute atomic E-state index is 0.493. The minimum Gasteiger partial charge on any atom is -0.457 e. The predicted molar refractivity (Wildman–Crippen MR) is 147 cm³/mol. The van der Waals surface area contributed by atoms with Gasteiger partial charge in [0.2, 0.25) is 5.89 Å². The van der Waals surface area contributed by atoms with E-state index in [9.17, 15) is 0 Å². The van der Waals surface area contributed by atoms with E-state index >= 15 is 0 Å². The van der Waals surface area contributed by atoms with Gasteiger partial charge in [-0.1, -0.05) is 54.6 Å². The van der Waals surface area contributed by atoms with Crippen molar-refractivity contribution in [1.29, 1.82) is 0 Å². The Morgan fingerprint density at radius 3 is 2.24 bits per heavy atom. The molecule has 188 valence electrons. The predicted octanol–water partition coefficient (Wildman–Crippen LogP) is 7.28. The molecule has 0 saturated carbocycles. The third-order valence-corrected chi connectivity index (χ3v) is 10.2. The van der Waals surface area contributed by atoms with Crippen molar-refractivity contribution in [2.75, 3.05) is 25.4 Å². The zero-order valence-corrected chi connectivity index (χ0v) is 22.1. The number of quaternary nitrogens is 1. The average molecular weight is 510 g/mol. The molecule has 4 aliphatic rings. The van der Waals surface area contributed by atoms with E-state index in [1.54, 1.807) is 0 Å². The van der Waals surface area contributed by atoms with Crippen molar-refractivity contribution in [1.82, 2.24) is 4.98 Å². The first-order chi connectivity index (χ1) is 18.1. The Kier molecular flexibility index (Phi) is 5.67. The first-order valence-corrected chi connectivity index (χ1v) is 14.5. The second-order valence-electron chi connectivity index (χ2n) is 11.2. The monoisotopic (exact) mass is 509 g/mol. The molecule has 0 aliphatic carbocycles. The molecular weight excluding hydrogens is 476 g/mol. The fraction of sp³-hybridized carbons (Fsp3) is 0.344. The summed E-state index contributed by atoms with van der Waals surface area (Å²) in [5, 5.41) is 0. The van der Waals surface area contributed by atoms with E-state index in [2.05, 4.69) is 61.5 Å². The van der Waals surface area contributed by atoms with Crippen LogP contribution in [0.5, 0.6) is 11.5 Å². The molecule has 1 unspecified atom stereocenters. The van der Waals surface area contributed by atoms with Crippen molar-refractivity contribution in [3.8, 4) is 11.5 Å². The van der Waals surface area contributed by atoms with Gasteiger partial charge in [-0.2, -0.15) is 0 Å². The van der Waals surface area contributed by atoms with Gasteiger partial charge in [0.05, 0.1) is 25.8 Å².